The molecule has 3 nitrogen and oxygen atoms in total. The molecule has 1 aliphatic carbocycles. The number of methoxy groups -OCH3 is 1. The molecule has 2 atom stereocenters. The van der Waals surface area contributed by atoms with Gasteiger partial charge in [0.2, 0.25) is 0 Å². The predicted molar refractivity (Wildman–Crippen MR) is 75.7 cm³/mol. The van der Waals surface area contributed by atoms with Crippen LogP contribution in [0.1, 0.15) is 31.8 Å². The molecule has 0 aromatic carbocycles. The lowest BCUT2D eigenvalue weighted by atomic mass is 9.64. The minimum atomic E-state index is 0.212. The van der Waals surface area contributed by atoms with Gasteiger partial charge in [-0.05, 0) is 24.8 Å². The number of thioether (sulfide) groups is 1. The Bertz CT molecular complexity index is 389. The van der Waals surface area contributed by atoms with Crippen molar-refractivity contribution in [2.24, 2.45) is 5.41 Å². The van der Waals surface area contributed by atoms with Crippen LogP contribution in [0.2, 0.25) is 0 Å². The first-order valence-electron chi connectivity index (χ1n) is 6.40. The highest BCUT2D eigenvalue weighted by molar-refractivity contribution is 7.97. The fraction of sp³-hybridized carbons (Fsp3) is 0.714. The molecule has 0 radical (unpaired) electrons. The maximum atomic E-state index is 5.75. The number of hydrogen-bond donors (Lipinski definition) is 1. The van der Waals surface area contributed by atoms with Gasteiger partial charge in [0.1, 0.15) is 11.5 Å². The van der Waals surface area contributed by atoms with Crippen LogP contribution in [0.25, 0.3) is 0 Å². The Balaban J connectivity index is 1.81. The number of ether oxygens (including phenoxy) is 1. The fourth-order valence-corrected chi connectivity index (χ4v) is 3.03. The van der Waals surface area contributed by atoms with Gasteiger partial charge in [0.05, 0.1) is 18.4 Å². The predicted octanol–water partition coefficient (Wildman–Crippen LogP) is 3.05. The summed E-state index contributed by atoms with van der Waals surface area (Å²) in [6, 6.07) is 4.65. The van der Waals surface area contributed by atoms with Crippen LogP contribution >= 0.6 is 11.8 Å². The molecule has 1 saturated carbocycles. The zero-order valence-electron chi connectivity index (χ0n) is 11.7. The van der Waals surface area contributed by atoms with Gasteiger partial charge in [-0.25, -0.2) is 0 Å². The standard InChI is InChI=1S/C14H23NO2S/c1-14(2)12(7-13(14)16-3)15-8-10-5-6-11(17-10)9-18-4/h5-6,12-13,15H,7-9H2,1-4H3. The van der Waals surface area contributed by atoms with Gasteiger partial charge in [-0.15, -0.1) is 0 Å². The molecule has 1 fully saturated rings. The van der Waals surface area contributed by atoms with Gasteiger partial charge in [0.15, 0.2) is 0 Å². The summed E-state index contributed by atoms with van der Waals surface area (Å²) in [6.07, 6.45) is 3.54. The zero-order valence-corrected chi connectivity index (χ0v) is 12.5. The van der Waals surface area contributed by atoms with E-state index in [0.717, 1.165) is 30.2 Å². The smallest absolute Gasteiger partial charge is 0.118 e. The molecule has 0 amide bonds. The van der Waals surface area contributed by atoms with Gasteiger partial charge in [-0.1, -0.05) is 13.8 Å². The summed E-state index contributed by atoms with van der Waals surface area (Å²) in [6.45, 7) is 5.31. The maximum Gasteiger partial charge on any atom is 0.118 e. The molecule has 4 heteroatoms. The van der Waals surface area contributed by atoms with Crippen LogP contribution in [0.3, 0.4) is 0 Å². The highest BCUT2D eigenvalue weighted by Crippen LogP contribution is 2.42. The largest absolute Gasteiger partial charge is 0.464 e. The zero-order chi connectivity index (χ0) is 13.2. The van der Waals surface area contributed by atoms with E-state index in [1.54, 1.807) is 18.9 Å². The van der Waals surface area contributed by atoms with E-state index in [-0.39, 0.29) is 5.41 Å². The Morgan fingerprint density at radius 3 is 2.78 bits per heavy atom. The van der Waals surface area contributed by atoms with E-state index < -0.39 is 0 Å². The molecule has 1 heterocycles. The molecule has 0 bridgehead atoms. The molecule has 102 valence electrons. The fourth-order valence-electron chi connectivity index (χ4n) is 2.59. The van der Waals surface area contributed by atoms with Crippen LogP contribution in [-0.2, 0) is 17.0 Å². The maximum absolute atomic E-state index is 5.75. The minimum absolute atomic E-state index is 0.212. The summed E-state index contributed by atoms with van der Waals surface area (Å²) in [7, 11) is 1.80. The van der Waals surface area contributed by atoms with E-state index in [1.807, 2.05) is 0 Å². The van der Waals surface area contributed by atoms with Crippen LogP contribution in [0.4, 0.5) is 0 Å². The van der Waals surface area contributed by atoms with E-state index in [1.165, 1.54) is 0 Å². The highest BCUT2D eigenvalue weighted by atomic mass is 32.2. The monoisotopic (exact) mass is 269 g/mol. The van der Waals surface area contributed by atoms with Crippen LogP contribution in [0, 0.1) is 5.41 Å². The topological polar surface area (TPSA) is 34.4 Å². The molecular formula is C14H23NO2S. The molecule has 1 aromatic rings. The highest BCUT2D eigenvalue weighted by Gasteiger charge is 2.48. The molecule has 1 aromatic heterocycles. The minimum Gasteiger partial charge on any atom is -0.464 e. The van der Waals surface area contributed by atoms with Crippen molar-refractivity contribution < 1.29 is 9.15 Å². The second-order valence-corrected chi connectivity index (χ2v) is 6.38. The van der Waals surface area contributed by atoms with E-state index >= 15 is 0 Å². The van der Waals surface area contributed by atoms with Crippen molar-refractivity contribution in [1.29, 1.82) is 0 Å². The second kappa shape index (κ2) is 5.68. The molecule has 0 spiro atoms. The third-order valence-electron chi connectivity index (χ3n) is 3.99. The summed E-state index contributed by atoms with van der Waals surface area (Å²) in [4.78, 5) is 0. The molecule has 1 N–H and O–H groups in total. The molecule has 1 aliphatic rings. The van der Waals surface area contributed by atoms with Crippen LogP contribution in [0.5, 0.6) is 0 Å². The molecule has 0 aliphatic heterocycles. The third kappa shape index (κ3) is 2.76. The van der Waals surface area contributed by atoms with Gasteiger partial charge < -0.3 is 14.5 Å². The van der Waals surface area contributed by atoms with Crippen LogP contribution in [0.15, 0.2) is 16.5 Å². The number of nitrogens with one attached hydrogen (secondary N) is 1. The van der Waals surface area contributed by atoms with Crippen molar-refractivity contribution in [3.05, 3.63) is 23.7 Å². The SMILES string of the molecule is COC1CC(NCc2ccc(CSC)o2)C1(C)C. The van der Waals surface area contributed by atoms with Crippen molar-refractivity contribution in [2.75, 3.05) is 13.4 Å². The number of hydrogen-bond acceptors (Lipinski definition) is 4. The van der Waals surface area contributed by atoms with Gasteiger partial charge in [0, 0.05) is 18.6 Å². The summed E-state index contributed by atoms with van der Waals surface area (Å²) < 4.78 is 11.2. The first-order valence-corrected chi connectivity index (χ1v) is 7.80. The molecular weight excluding hydrogens is 246 g/mol. The lowest BCUT2D eigenvalue weighted by Gasteiger charge is -2.51. The molecule has 2 unspecified atom stereocenters. The summed E-state index contributed by atoms with van der Waals surface area (Å²) >= 11 is 1.78. The quantitative estimate of drug-likeness (QED) is 0.861. The van der Waals surface area contributed by atoms with Gasteiger partial charge >= 0.3 is 0 Å². The molecule has 2 rings (SSSR count). The summed E-state index contributed by atoms with van der Waals surface area (Å²) in [5, 5.41) is 3.56. The van der Waals surface area contributed by atoms with Crippen molar-refractivity contribution in [2.45, 2.75) is 44.7 Å². The van der Waals surface area contributed by atoms with Crippen molar-refractivity contribution in [1.82, 2.24) is 5.32 Å². The Kier molecular flexibility index (Phi) is 4.41. The number of furan rings is 1. The molecule has 0 saturated heterocycles. The average Bonchev–Trinajstić information content (AvgIpc) is 2.76. The lowest BCUT2D eigenvalue weighted by Crippen LogP contribution is -2.60. The Morgan fingerprint density at radius 1 is 1.44 bits per heavy atom. The Morgan fingerprint density at radius 2 is 2.17 bits per heavy atom. The second-order valence-electron chi connectivity index (χ2n) is 5.52. The van der Waals surface area contributed by atoms with Crippen molar-refractivity contribution in [3.8, 4) is 0 Å². The number of rotatable bonds is 6. The van der Waals surface area contributed by atoms with Gasteiger partial charge in [0.25, 0.3) is 0 Å². The van der Waals surface area contributed by atoms with Crippen LogP contribution in [-0.4, -0.2) is 25.5 Å². The van der Waals surface area contributed by atoms with E-state index in [2.05, 4.69) is 37.6 Å². The molecule has 18 heavy (non-hydrogen) atoms. The van der Waals surface area contributed by atoms with Gasteiger partial charge in [-0.3, -0.25) is 0 Å². The summed E-state index contributed by atoms with van der Waals surface area (Å²) in [5.74, 6) is 3.03. The Labute approximate surface area is 114 Å². The van der Waals surface area contributed by atoms with E-state index in [0.29, 0.717) is 12.1 Å². The van der Waals surface area contributed by atoms with Crippen LogP contribution < -0.4 is 5.32 Å². The summed E-state index contributed by atoms with van der Waals surface area (Å²) in [5.41, 5.74) is 0.212. The first-order chi connectivity index (χ1) is 8.57. The Hall–Kier alpha value is -0.450. The van der Waals surface area contributed by atoms with E-state index in [9.17, 15) is 0 Å². The van der Waals surface area contributed by atoms with E-state index in [4.69, 9.17) is 9.15 Å². The normalized spacial score (nSPS) is 26.0. The average molecular weight is 269 g/mol. The third-order valence-corrected chi connectivity index (χ3v) is 4.56. The van der Waals surface area contributed by atoms with Crippen molar-refractivity contribution in [3.63, 3.8) is 0 Å². The van der Waals surface area contributed by atoms with Gasteiger partial charge in [-0.2, -0.15) is 11.8 Å². The first kappa shape index (κ1) is 14.0. The van der Waals surface area contributed by atoms with Crippen molar-refractivity contribution >= 4 is 11.8 Å². The lowest BCUT2D eigenvalue weighted by molar-refractivity contribution is -0.0982.